The molecule has 0 aliphatic rings. The Morgan fingerprint density at radius 2 is 1.47 bits per heavy atom. The molecule has 0 spiro atoms. The van der Waals surface area contributed by atoms with Gasteiger partial charge in [0.05, 0.1) is 12.6 Å². The van der Waals surface area contributed by atoms with Crippen LogP contribution in [-0.2, 0) is 4.79 Å². The van der Waals surface area contributed by atoms with Gasteiger partial charge in [0.25, 0.3) is 0 Å². The summed E-state index contributed by atoms with van der Waals surface area (Å²) in [4.78, 5) is 11.6. The van der Waals surface area contributed by atoms with Crippen molar-refractivity contribution < 1.29 is 9.90 Å². The second-order valence-electron chi connectivity index (χ2n) is 5.43. The van der Waals surface area contributed by atoms with Crippen molar-refractivity contribution in [1.82, 2.24) is 5.32 Å². The maximum absolute atomic E-state index is 11.6. The van der Waals surface area contributed by atoms with Crippen LogP contribution in [0.2, 0.25) is 0 Å². The standard InChI is InChI=1S/C16H33NO2/c1-3-5-6-7-8-9-10-11-12-13-16(19)17-15(4-2)14-18/h15,18H,3-14H2,1-2H3,(H,17,19)/t15-/m0/s1. The molecular formula is C16H33NO2. The van der Waals surface area contributed by atoms with Crippen LogP contribution in [0, 0.1) is 0 Å². The van der Waals surface area contributed by atoms with Crippen LogP contribution in [0.25, 0.3) is 0 Å². The number of hydrogen-bond donors (Lipinski definition) is 2. The van der Waals surface area contributed by atoms with Crippen molar-refractivity contribution in [2.24, 2.45) is 0 Å². The molecular weight excluding hydrogens is 238 g/mol. The third-order valence-electron chi connectivity index (χ3n) is 3.59. The SMILES string of the molecule is CCCCCCCCCCCC(=O)N[C@@H](CC)CO. The van der Waals surface area contributed by atoms with Crippen molar-refractivity contribution in [3.05, 3.63) is 0 Å². The summed E-state index contributed by atoms with van der Waals surface area (Å²) < 4.78 is 0. The fourth-order valence-corrected chi connectivity index (χ4v) is 2.17. The molecule has 0 heterocycles. The molecule has 0 saturated heterocycles. The summed E-state index contributed by atoms with van der Waals surface area (Å²) in [6.07, 6.45) is 12.8. The highest BCUT2D eigenvalue weighted by atomic mass is 16.3. The van der Waals surface area contributed by atoms with Crippen LogP contribution in [0.3, 0.4) is 0 Å². The van der Waals surface area contributed by atoms with Crippen LogP contribution in [0.1, 0.15) is 84.5 Å². The summed E-state index contributed by atoms with van der Waals surface area (Å²) >= 11 is 0. The molecule has 19 heavy (non-hydrogen) atoms. The number of carbonyl (C=O) groups excluding carboxylic acids is 1. The minimum atomic E-state index is -0.0638. The minimum absolute atomic E-state index is 0.0417. The highest BCUT2D eigenvalue weighted by Gasteiger charge is 2.08. The van der Waals surface area contributed by atoms with Gasteiger partial charge in [-0.3, -0.25) is 4.79 Å². The van der Waals surface area contributed by atoms with E-state index in [0.29, 0.717) is 6.42 Å². The number of hydrogen-bond acceptors (Lipinski definition) is 2. The van der Waals surface area contributed by atoms with Gasteiger partial charge in [-0.15, -0.1) is 0 Å². The van der Waals surface area contributed by atoms with Gasteiger partial charge in [0, 0.05) is 6.42 Å². The number of unbranched alkanes of at least 4 members (excludes halogenated alkanes) is 8. The first-order valence-electron chi connectivity index (χ1n) is 8.14. The number of rotatable bonds is 13. The Kier molecular flexibility index (Phi) is 13.4. The van der Waals surface area contributed by atoms with E-state index in [-0.39, 0.29) is 18.6 Å². The molecule has 2 N–H and O–H groups in total. The van der Waals surface area contributed by atoms with Crippen LogP contribution in [-0.4, -0.2) is 23.7 Å². The Balaban J connectivity index is 3.27. The summed E-state index contributed by atoms with van der Waals surface area (Å²) in [5, 5.41) is 11.8. The van der Waals surface area contributed by atoms with E-state index in [0.717, 1.165) is 19.3 Å². The quantitative estimate of drug-likeness (QED) is 0.501. The Morgan fingerprint density at radius 3 is 1.95 bits per heavy atom. The predicted molar refractivity (Wildman–Crippen MR) is 81.2 cm³/mol. The van der Waals surface area contributed by atoms with Gasteiger partial charge >= 0.3 is 0 Å². The molecule has 0 aromatic heterocycles. The van der Waals surface area contributed by atoms with Gasteiger partial charge in [-0.25, -0.2) is 0 Å². The van der Waals surface area contributed by atoms with Crippen LogP contribution < -0.4 is 5.32 Å². The fraction of sp³-hybridized carbons (Fsp3) is 0.938. The van der Waals surface area contributed by atoms with Crippen molar-refractivity contribution >= 4 is 5.91 Å². The lowest BCUT2D eigenvalue weighted by atomic mass is 10.1. The maximum Gasteiger partial charge on any atom is 0.220 e. The van der Waals surface area contributed by atoms with Gasteiger partial charge in [0.2, 0.25) is 5.91 Å². The maximum atomic E-state index is 11.6. The topological polar surface area (TPSA) is 49.3 Å². The minimum Gasteiger partial charge on any atom is -0.394 e. The Morgan fingerprint density at radius 1 is 0.947 bits per heavy atom. The molecule has 0 bridgehead atoms. The lowest BCUT2D eigenvalue weighted by molar-refractivity contribution is -0.122. The first-order chi connectivity index (χ1) is 9.24. The molecule has 114 valence electrons. The monoisotopic (exact) mass is 271 g/mol. The number of aliphatic hydroxyl groups is 1. The van der Waals surface area contributed by atoms with Crippen molar-refractivity contribution in [1.29, 1.82) is 0 Å². The molecule has 3 heteroatoms. The first-order valence-corrected chi connectivity index (χ1v) is 8.14. The van der Waals surface area contributed by atoms with E-state index in [9.17, 15) is 4.79 Å². The number of amides is 1. The molecule has 0 aliphatic carbocycles. The summed E-state index contributed by atoms with van der Waals surface area (Å²) in [6, 6.07) is -0.0638. The van der Waals surface area contributed by atoms with Gasteiger partial charge in [-0.05, 0) is 12.8 Å². The van der Waals surface area contributed by atoms with Crippen LogP contribution in [0.5, 0.6) is 0 Å². The van der Waals surface area contributed by atoms with Gasteiger partial charge in [0.15, 0.2) is 0 Å². The van der Waals surface area contributed by atoms with Crippen molar-refractivity contribution in [2.75, 3.05) is 6.61 Å². The average Bonchev–Trinajstić information content (AvgIpc) is 2.43. The Bertz CT molecular complexity index is 203. The van der Waals surface area contributed by atoms with Crippen LogP contribution >= 0.6 is 0 Å². The van der Waals surface area contributed by atoms with E-state index in [1.165, 1.54) is 44.9 Å². The summed E-state index contributed by atoms with van der Waals surface area (Å²) in [7, 11) is 0. The lowest BCUT2D eigenvalue weighted by Gasteiger charge is -2.13. The predicted octanol–water partition coefficient (Wildman–Crippen LogP) is 3.79. The van der Waals surface area contributed by atoms with E-state index in [1.807, 2.05) is 6.92 Å². The zero-order valence-electron chi connectivity index (χ0n) is 12.9. The zero-order chi connectivity index (χ0) is 14.3. The summed E-state index contributed by atoms with van der Waals surface area (Å²) in [5.74, 6) is 0.0869. The third kappa shape index (κ3) is 12.2. The number of carbonyl (C=O) groups is 1. The van der Waals surface area contributed by atoms with E-state index < -0.39 is 0 Å². The first kappa shape index (κ1) is 18.4. The lowest BCUT2D eigenvalue weighted by Crippen LogP contribution is -2.36. The van der Waals surface area contributed by atoms with Gasteiger partial charge in [0.1, 0.15) is 0 Å². The van der Waals surface area contributed by atoms with Crippen LogP contribution in [0.15, 0.2) is 0 Å². The molecule has 1 amide bonds. The smallest absolute Gasteiger partial charge is 0.220 e. The molecule has 0 rings (SSSR count). The molecule has 1 atom stereocenters. The largest absolute Gasteiger partial charge is 0.394 e. The molecule has 0 aromatic carbocycles. The van der Waals surface area contributed by atoms with Crippen molar-refractivity contribution in [3.63, 3.8) is 0 Å². The molecule has 0 saturated carbocycles. The molecule has 0 aliphatic heterocycles. The van der Waals surface area contributed by atoms with Crippen molar-refractivity contribution in [3.8, 4) is 0 Å². The van der Waals surface area contributed by atoms with E-state index in [4.69, 9.17) is 5.11 Å². The Labute approximate surface area is 119 Å². The zero-order valence-corrected chi connectivity index (χ0v) is 12.9. The molecule has 0 fully saturated rings. The van der Waals surface area contributed by atoms with Gasteiger partial charge in [-0.2, -0.15) is 0 Å². The van der Waals surface area contributed by atoms with Gasteiger partial charge in [-0.1, -0.05) is 65.2 Å². The fourth-order valence-electron chi connectivity index (χ4n) is 2.17. The number of nitrogens with one attached hydrogen (secondary N) is 1. The van der Waals surface area contributed by atoms with Gasteiger partial charge < -0.3 is 10.4 Å². The highest BCUT2D eigenvalue weighted by Crippen LogP contribution is 2.10. The third-order valence-corrected chi connectivity index (χ3v) is 3.59. The second-order valence-corrected chi connectivity index (χ2v) is 5.43. The molecule has 0 unspecified atom stereocenters. The number of aliphatic hydroxyl groups excluding tert-OH is 1. The molecule has 0 radical (unpaired) electrons. The van der Waals surface area contributed by atoms with E-state index in [1.54, 1.807) is 0 Å². The van der Waals surface area contributed by atoms with E-state index in [2.05, 4.69) is 12.2 Å². The second kappa shape index (κ2) is 13.9. The molecule has 3 nitrogen and oxygen atoms in total. The highest BCUT2D eigenvalue weighted by molar-refractivity contribution is 5.76. The van der Waals surface area contributed by atoms with Crippen molar-refractivity contribution in [2.45, 2.75) is 90.5 Å². The van der Waals surface area contributed by atoms with E-state index >= 15 is 0 Å². The normalized spacial score (nSPS) is 12.4. The van der Waals surface area contributed by atoms with Crippen LogP contribution in [0.4, 0.5) is 0 Å². The molecule has 0 aromatic rings. The average molecular weight is 271 g/mol. The summed E-state index contributed by atoms with van der Waals surface area (Å²) in [5.41, 5.74) is 0. The Hall–Kier alpha value is -0.570. The summed E-state index contributed by atoms with van der Waals surface area (Å²) in [6.45, 7) is 4.25.